The molecule has 0 atom stereocenters. The first kappa shape index (κ1) is 40.3. The van der Waals surface area contributed by atoms with Gasteiger partial charge in [0.2, 0.25) is 17.2 Å². The van der Waals surface area contributed by atoms with Crippen LogP contribution in [0.25, 0.3) is 22.0 Å². The van der Waals surface area contributed by atoms with E-state index in [2.05, 4.69) is 30.9 Å². The molecule has 16 nitrogen and oxygen atoms in total. The van der Waals surface area contributed by atoms with Crippen LogP contribution in [0.3, 0.4) is 0 Å². The molecule has 0 aliphatic heterocycles. The number of hydrogen-bond donors (Lipinski definition) is 4. The van der Waals surface area contributed by atoms with Crippen LogP contribution in [0, 0.1) is 0 Å². The summed E-state index contributed by atoms with van der Waals surface area (Å²) in [5.41, 5.74) is 1.48. The van der Waals surface area contributed by atoms with Gasteiger partial charge in [-0.2, -0.15) is 15.0 Å². The summed E-state index contributed by atoms with van der Waals surface area (Å²) in [5.74, 6) is -1.42. The number of aromatic nitrogens is 4. The van der Waals surface area contributed by atoms with Crippen molar-refractivity contribution in [2.24, 2.45) is 7.05 Å². The summed E-state index contributed by atoms with van der Waals surface area (Å²) in [6.45, 7) is 0. The standard InChI is InChI=1S/C32H22ClN7O9S2.2Na/c1-40-23-10-9-21(28-27(23)19(14-26(40)42)17-4-2-3-5-18(17)29(28)43)35-22-12-15(6-11-24(22)50(44,45)46)34-31-37-30(33)38-32(39-31)36-20-8-7-16(41)13-25(20)51(47,48)49;;/h2-14,35,41H,1H3,(H,44,45,46)(H,47,48,49)(H2,34,36,37,38,39);;/q;2*+1/p-2. The van der Waals surface area contributed by atoms with E-state index in [0.29, 0.717) is 27.6 Å². The zero-order valence-electron chi connectivity index (χ0n) is 27.7. The van der Waals surface area contributed by atoms with Crippen LogP contribution < -0.4 is 80.6 Å². The molecule has 4 aromatic carbocycles. The zero-order valence-corrected chi connectivity index (χ0v) is 34.1. The number of carbonyl (C=O) groups excluding carboxylic acids is 1. The third kappa shape index (κ3) is 7.84. The average molecular weight is 792 g/mol. The van der Waals surface area contributed by atoms with Gasteiger partial charge in [-0.15, -0.1) is 0 Å². The van der Waals surface area contributed by atoms with Gasteiger partial charge < -0.3 is 34.7 Å². The van der Waals surface area contributed by atoms with Crippen molar-refractivity contribution in [2.45, 2.75) is 9.79 Å². The van der Waals surface area contributed by atoms with Crippen LogP contribution in [0.5, 0.6) is 5.75 Å². The Morgan fingerprint density at radius 1 is 0.698 bits per heavy atom. The first-order valence-electron chi connectivity index (χ1n) is 14.5. The molecule has 2 heterocycles. The minimum atomic E-state index is -5.08. The Hall–Kier alpha value is -3.92. The summed E-state index contributed by atoms with van der Waals surface area (Å²) in [6, 6.07) is 17.8. The van der Waals surface area contributed by atoms with Gasteiger partial charge in [-0.25, -0.2) is 16.8 Å². The molecule has 6 aromatic rings. The molecule has 0 bridgehead atoms. The number of rotatable bonds is 8. The Balaban J connectivity index is 0.00000271. The first-order valence-corrected chi connectivity index (χ1v) is 17.7. The maximum absolute atomic E-state index is 14.0. The number of halogens is 1. The number of fused-ring (bicyclic) bond motifs is 2. The van der Waals surface area contributed by atoms with Gasteiger partial charge in [-0.1, -0.05) is 24.3 Å². The van der Waals surface area contributed by atoms with Crippen LogP contribution in [-0.2, 0) is 27.3 Å². The summed E-state index contributed by atoms with van der Waals surface area (Å²) in [6.07, 6.45) is 0. The van der Waals surface area contributed by atoms with Crippen LogP contribution in [0.2, 0.25) is 5.28 Å². The molecule has 0 fully saturated rings. The van der Waals surface area contributed by atoms with Gasteiger partial charge >= 0.3 is 59.1 Å². The Bertz CT molecular complexity index is 2790. The van der Waals surface area contributed by atoms with E-state index in [-0.39, 0.29) is 110 Å². The third-order valence-corrected chi connectivity index (χ3v) is 9.91. The van der Waals surface area contributed by atoms with Gasteiger partial charge in [0.05, 0.1) is 37.9 Å². The molecule has 258 valence electrons. The molecule has 21 heteroatoms. The van der Waals surface area contributed by atoms with Crippen LogP contribution >= 0.6 is 11.6 Å². The molecule has 1 aliphatic carbocycles. The number of benzene rings is 4. The van der Waals surface area contributed by atoms with E-state index in [0.717, 1.165) is 24.3 Å². The molecule has 0 saturated carbocycles. The van der Waals surface area contributed by atoms with E-state index in [9.17, 15) is 40.6 Å². The Morgan fingerprint density at radius 2 is 1.34 bits per heavy atom. The maximum atomic E-state index is 14.0. The second-order valence-corrected chi connectivity index (χ2v) is 14.2. The van der Waals surface area contributed by atoms with E-state index < -0.39 is 41.6 Å². The molecule has 0 saturated heterocycles. The van der Waals surface area contributed by atoms with Gasteiger partial charge in [-0.05, 0) is 71.3 Å². The number of hydrogen-bond acceptors (Lipinski definition) is 15. The van der Waals surface area contributed by atoms with E-state index in [4.69, 9.17) is 11.6 Å². The number of nitrogens with one attached hydrogen (secondary N) is 3. The molecule has 4 N–H and O–H groups in total. The minimum absolute atomic E-state index is 0. The quantitative estimate of drug-likeness (QED) is 0.0764. The van der Waals surface area contributed by atoms with E-state index in [1.54, 1.807) is 37.4 Å². The van der Waals surface area contributed by atoms with Gasteiger partial charge in [0, 0.05) is 29.8 Å². The average Bonchev–Trinajstić information content (AvgIpc) is 3.05. The summed E-state index contributed by atoms with van der Waals surface area (Å²) in [4.78, 5) is 37.3. The maximum Gasteiger partial charge on any atom is 1.00 e. The van der Waals surface area contributed by atoms with Crippen molar-refractivity contribution in [2.75, 3.05) is 16.0 Å². The van der Waals surface area contributed by atoms with E-state index in [1.165, 1.54) is 28.8 Å². The molecule has 0 unspecified atom stereocenters. The van der Waals surface area contributed by atoms with Gasteiger partial charge in [-0.3, -0.25) is 9.59 Å². The van der Waals surface area contributed by atoms with Gasteiger partial charge in [0.25, 0.3) is 5.56 Å². The monoisotopic (exact) mass is 791 g/mol. The van der Waals surface area contributed by atoms with Crippen LogP contribution in [0.15, 0.2) is 93.4 Å². The molecule has 1 aliphatic rings. The van der Waals surface area contributed by atoms with Crippen molar-refractivity contribution < 1.29 is 95.0 Å². The molecule has 53 heavy (non-hydrogen) atoms. The number of nitrogens with zero attached hydrogens (tertiary/aromatic N) is 4. The van der Waals surface area contributed by atoms with Crippen LogP contribution in [-0.4, -0.2) is 56.3 Å². The molecule has 0 amide bonds. The summed E-state index contributed by atoms with van der Waals surface area (Å²) < 4.78 is 73.8. The number of anilines is 6. The molecule has 2 aromatic heterocycles. The topological polar surface area (TPSA) is 248 Å². The number of aromatic hydroxyl groups is 1. The van der Waals surface area contributed by atoms with E-state index >= 15 is 0 Å². The second-order valence-electron chi connectivity index (χ2n) is 11.1. The number of ketones is 1. The largest absolute Gasteiger partial charge is 1.00 e. The normalized spacial score (nSPS) is 12.0. The number of phenolic OH excluding ortho intramolecular Hbond substituents is 1. The van der Waals surface area contributed by atoms with Crippen LogP contribution in [0.1, 0.15) is 15.9 Å². The second kappa shape index (κ2) is 15.1. The first-order chi connectivity index (χ1) is 24.1. The molecule has 0 spiro atoms. The predicted octanol–water partition coefficient (Wildman–Crippen LogP) is -1.66. The van der Waals surface area contributed by atoms with Crippen molar-refractivity contribution in [1.82, 2.24) is 19.5 Å². The smallest absolute Gasteiger partial charge is 0.744 e. The van der Waals surface area contributed by atoms with Crippen LogP contribution in [0.4, 0.5) is 34.6 Å². The van der Waals surface area contributed by atoms with Gasteiger partial charge in [0.1, 0.15) is 26.0 Å². The Labute approximate surface area is 349 Å². The van der Waals surface area contributed by atoms with E-state index in [1.807, 2.05) is 0 Å². The van der Waals surface area contributed by atoms with Crippen molar-refractivity contribution >= 4 is 83.2 Å². The Morgan fingerprint density at radius 3 is 2.02 bits per heavy atom. The number of aryl methyl sites for hydroxylation is 1. The van der Waals surface area contributed by atoms with Crippen molar-refractivity contribution in [3.05, 3.63) is 106 Å². The number of phenols is 1. The predicted molar refractivity (Wildman–Crippen MR) is 183 cm³/mol. The molecular formula is C32H20ClN7Na2O9S2. The fourth-order valence-electron chi connectivity index (χ4n) is 5.76. The zero-order chi connectivity index (χ0) is 36.4. The molecule has 0 radical (unpaired) electrons. The van der Waals surface area contributed by atoms with Crippen molar-refractivity contribution in [3.8, 4) is 16.9 Å². The molecule has 7 rings (SSSR count). The van der Waals surface area contributed by atoms with Gasteiger partial charge in [0.15, 0.2) is 5.78 Å². The number of carbonyl (C=O) groups is 1. The fraction of sp³-hybridized carbons (Fsp3) is 0.0312. The summed E-state index contributed by atoms with van der Waals surface area (Å²) in [7, 11) is -8.56. The summed E-state index contributed by atoms with van der Waals surface area (Å²) in [5, 5.41) is 18.0. The minimum Gasteiger partial charge on any atom is -0.744 e. The Kier molecular flexibility index (Phi) is 11.5. The molecular weight excluding hydrogens is 772 g/mol. The third-order valence-electron chi connectivity index (χ3n) is 7.96. The number of pyridine rings is 1. The van der Waals surface area contributed by atoms with Crippen molar-refractivity contribution in [1.29, 1.82) is 0 Å². The summed E-state index contributed by atoms with van der Waals surface area (Å²) >= 11 is 6.08. The van der Waals surface area contributed by atoms with Crippen molar-refractivity contribution in [3.63, 3.8) is 0 Å². The SMILES string of the molecule is Cn1c(=O)cc2c3c(c(Nc4cc(Nc5nc(Cl)nc(Nc6ccc(O)cc6S(=O)(=O)[O-])n5)ccc4S(=O)(=O)[O-])ccc31)C(=O)c1ccccc1-2.[Na+].[Na+]. The fourth-order valence-corrected chi connectivity index (χ4v) is 7.19.